The summed E-state index contributed by atoms with van der Waals surface area (Å²) in [6, 6.07) is 5.93. The smallest absolute Gasteiger partial charge is 0.232 e. The second-order valence-electron chi connectivity index (χ2n) is 7.09. The van der Waals surface area contributed by atoms with Crippen molar-refractivity contribution in [2.45, 2.75) is 32.1 Å². The number of nitrogens with zero attached hydrogens (tertiary/aromatic N) is 2. The summed E-state index contributed by atoms with van der Waals surface area (Å²) in [5, 5.41) is 0.802. The van der Waals surface area contributed by atoms with Crippen LogP contribution in [0.15, 0.2) is 18.2 Å². The van der Waals surface area contributed by atoms with Crippen molar-refractivity contribution in [3.8, 4) is 5.75 Å². The van der Waals surface area contributed by atoms with Crippen molar-refractivity contribution in [1.82, 2.24) is 4.98 Å². The van der Waals surface area contributed by atoms with E-state index in [1.54, 1.807) is 18.4 Å². The number of anilines is 1. The van der Waals surface area contributed by atoms with Crippen molar-refractivity contribution in [2.75, 3.05) is 39.2 Å². The number of hydrogen-bond donors (Lipinski definition) is 1. The molecule has 0 saturated heterocycles. The third-order valence-corrected chi connectivity index (χ3v) is 5.92. The van der Waals surface area contributed by atoms with Gasteiger partial charge in [0.05, 0.1) is 39.0 Å². The van der Waals surface area contributed by atoms with Crippen molar-refractivity contribution in [1.29, 1.82) is 0 Å². The van der Waals surface area contributed by atoms with Crippen molar-refractivity contribution in [3.63, 3.8) is 0 Å². The Morgan fingerprint density at radius 1 is 1.32 bits per heavy atom. The highest BCUT2D eigenvalue weighted by Crippen LogP contribution is 2.35. The van der Waals surface area contributed by atoms with E-state index in [1.165, 1.54) is 11.3 Å². The molecule has 136 valence electrons. The first-order valence-corrected chi connectivity index (χ1v) is 9.95. The fraction of sp³-hybridized carbons (Fsp3) is 0.579. The van der Waals surface area contributed by atoms with E-state index < -0.39 is 0 Å². The molecule has 0 atom stereocenters. The van der Waals surface area contributed by atoms with Crippen LogP contribution in [0.4, 0.5) is 5.13 Å². The van der Waals surface area contributed by atoms with Crippen molar-refractivity contribution in [3.05, 3.63) is 18.2 Å². The summed E-state index contributed by atoms with van der Waals surface area (Å²) in [6.45, 7) is 1.62. The Morgan fingerprint density at radius 3 is 2.76 bits per heavy atom. The van der Waals surface area contributed by atoms with Crippen LogP contribution in [0.25, 0.3) is 10.2 Å². The first-order valence-electron chi connectivity index (χ1n) is 9.14. The van der Waals surface area contributed by atoms with Crippen LogP contribution in [0, 0.1) is 5.92 Å². The third kappa shape index (κ3) is 4.12. The van der Waals surface area contributed by atoms with E-state index in [2.05, 4.69) is 14.1 Å². The summed E-state index contributed by atoms with van der Waals surface area (Å²) in [4.78, 5) is 21.2. The predicted molar refractivity (Wildman–Crippen MR) is 103 cm³/mol. The number of hydrogen-bond acceptors (Lipinski definition) is 4. The first-order chi connectivity index (χ1) is 12.1. The lowest BCUT2D eigenvalue weighted by molar-refractivity contribution is -0.856. The number of quaternary nitrogens is 1. The van der Waals surface area contributed by atoms with Gasteiger partial charge in [0.15, 0.2) is 5.13 Å². The fourth-order valence-corrected chi connectivity index (χ4v) is 4.41. The average molecular weight is 363 g/mol. The topological polar surface area (TPSA) is 46.9 Å². The van der Waals surface area contributed by atoms with Gasteiger partial charge >= 0.3 is 0 Å². The summed E-state index contributed by atoms with van der Waals surface area (Å²) in [7, 11) is 5.89. The van der Waals surface area contributed by atoms with Gasteiger partial charge in [0, 0.05) is 5.92 Å². The monoisotopic (exact) mass is 362 g/mol. The van der Waals surface area contributed by atoms with Crippen LogP contribution < -0.4 is 14.5 Å². The minimum Gasteiger partial charge on any atom is -0.494 e. The molecular formula is C19H28N3O2S+. The van der Waals surface area contributed by atoms with Crippen molar-refractivity contribution >= 4 is 32.6 Å². The summed E-state index contributed by atoms with van der Waals surface area (Å²) >= 11 is 1.58. The SMILES string of the molecule is COc1cccc2sc(N(CC[NH+](C)C)C(=O)C3CCCCC3)nc12. The second kappa shape index (κ2) is 8.15. The Morgan fingerprint density at radius 2 is 2.08 bits per heavy atom. The largest absolute Gasteiger partial charge is 0.494 e. The number of methoxy groups -OCH3 is 1. The number of rotatable bonds is 6. The fourth-order valence-electron chi connectivity index (χ4n) is 3.40. The number of aromatic nitrogens is 1. The molecule has 3 rings (SSSR count). The van der Waals surface area contributed by atoms with Crippen LogP contribution in [0.1, 0.15) is 32.1 Å². The summed E-state index contributed by atoms with van der Waals surface area (Å²) < 4.78 is 6.50. The number of carbonyl (C=O) groups excluding carboxylic acids is 1. The Hall–Kier alpha value is -1.66. The molecule has 1 saturated carbocycles. The van der Waals surface area contributed by atoms with Gasteiger partial charge in [-0.05, 0) is 25.0 Å². The molecule has 0 spiro atoms. The van der Waals surface area contributed by atoms with E-state index in [-0.39, 0.29) is 11.8 Å². The number of carbonyl (C=O) groups is 1. The van der Waals surface area contributed by atoms with Gasteiger partial charge in [-0.3, -0.25) is 9.69 Å². The highest BCUT2D eigenvalue weighted by molar-refractivity contribution is 7.22. The van der Waals surface area contributed by atoms with Gasteiger partial charge in [0.1, 0.15) is 11.3 Å². The summed E-state index contributed by atoms with van der Waals surface area (Å²) in [6.07, 6.45) is 5.61. The maximum atomic E-state index is 13.2. The Bertz CT molecular complexity index is 723. The zero-order valence-corrected chi connectivity index (χ0v) is 16.2. The van der Waals surface area contributed by atoms with Gasteiger partial charge in [-0.2, -0.15) is 0 Å². The third-order valence-electron chi connectivity index (χ3n) is 4.88. The predicted octanol–water partition coefficient (Wildman–Crippen LogP) is 2.36. The van der Waals surface area contributed by atoms with Gasteiger partial charge in [0.25, 0.3) is 0 Å². The number of nitrogens with one attached hydrogen (secondary N) is 1. The number of likely N-dealkylation sites (N-methyl/N-ethyl adjacent to an activating group) is 1. The lowest BCUT2D eigenvalue weighted by Crippen LogP contribution is -3.06. The molecule has 1 aromatic heterocycles. The molecule has 25 heavy (non-hydrogen) atoms. The molecule has 6 heteroatoms. The highest BCUT2D eigenvalue weighted by Gasteiger charge is 2.29. The molecule has 1 fully saturated rings. The molecule has 1 N–H and O–H groups in total. The molecule has 5 nitrogen and oxygen atoms in total. The van der Waals surface area contributed by atoms with Gasteiger partial charge in [0.2, 0.25) is 5.91 Å². The molecule has 0 radical (unpaired) electrons. The standard InChI is InChI=1S/C19H27N3O2S/c1-21(2)12-13-22(18(23)14-8-5-4-6-9-14)19-20-17-15(24-3)10-7-11-16(17)25-19/h7,10-11,14H,4-6,8-9,12-13H2,1-3H3/p+1. The molecule has 1 amide bonds. The Kier molecular flexibility index (Phi) is 5.91. The van der Waals surface area contributed by atoms with Crippen molar-refractivity contribution < 1.29 is 14.4 Å². The van der Waals surface area contributed by atoms with Gasteiger partial charge in [-0.25, -0.2) is 4.98 Å². The van der Waals surface area contributed by atoms with E-state index in [0.717, 1.165) is 53.3 Å². The number of thiazole rings is 1. The maximum absolute atomic E-state index is 13.2. The zero-order chi connectivity index (χ0) is 17.8. The first kappa shape index (κ1) is 18.1. The maximum Gasteiger partial charge on any atom is 0.232 e. The highest BCUT2D eigenvalue weighted by atomic mass is 32.1. The average Bonchev–Trinajstić information content (AvgIpc) is 3.06. The van der Waals surface area contributed by atoms with Crippen molar-refractivity contribution in [2.24, 2.45) is 5.92 Å². The Balaban J connectivity index is 1.91. The minimum atomic E-state index is 0.153. The molecule has 1 heterocycles. The lowest BCUT2D eigenvalue weighted by atomic mass is 9.88. The number of para-hydroxylation sites is 1. The van der Waals surface area contributed by atoms with E-state index in [4.69, 9.17) is 9.72 Å². The van der Waals surface area contributed by atoms with Gasteiger partial charge in [-0.1, -0.05) is 36.7 Å². The normalized spacial score (nSPS) is 15.7. The summed E-state index contributed by atoms with van der Waals surface area (Å²) in [5.74, 6) is 1.17. The van der Waals surface area contributed by atoms with Gasteiger partial charge in [-0.15, -0.1) is 0 Å². The van der Waals surface area contributed by atoms with Crippen LogP contribution in [0.3, 0.4) is 0 Å². The van der Waals surface area contributed by atoms with Crippen LogP contribution in [0.2, 0.25) is 0 Å². The van der Waals surface area contributed by atoms with E-state index in [1.807, 2.05) is 23.1 Å². The van der Waals surface area contributed by atoms with Crippen LogP contribution in [-0.4, -0.2) is 45.2 Å². The molecule has 0 bridgehead atoms. The molecule has 1 aliphatic rings. The summed E-state index contributed by atoms with van der Waals surface area (Å²) in [5.41, 5.74) is 0.851. The minimum absolute atomic E-state index is 0.153. The second-order valence-corrected chi connectivity index (χ2v) is 8.09. The molecule has 0 unspecified atom stereocenters. The molecule has 0 aliphatic heterocycles. The Labute approximate surface area is 153 Å². The quantitative estimate of drug-likeness (QED) is 0.858. The molecule has 2 aromatic rings. The number of benzene rings is 1. The van der Waals surface area contributed by atoms with Crippen LogP contribution in [0.5, 0.6) is 5.75 Å². The van der Waals surface area contributed by atoms with E-state index >= 15 is 0 Å². The number of amides is 1. The van der Waals surface area contributed by atoms with E-state index in [9.17, 15) is 4.79 Å². The molecule has 1 aliphatic carbocycles. The number of ether oxygens (including phenoxy) is 1. The zero-order valence-electron chi connectivity index (χ0n) is 15.4. The van der Waals surface area contributed by atoms with Crippen LogP contribution >= 0.6 is 11.3 Å². The lowest BCUT2D eigenvalue weighted by Gasteiger charge is -2.27. The molecular weight excluding hydrogens is 334 g/mol. The molecule has 1 aromatic carbocycles. The van der Waals surface area contributed by atoms with Gasteiger partial charge < -0.3 is 9.64 Å². The van der Waals surface area contributed by atoms with Crippen LogP contribution in [-0.2, 0) is 4.79 Å². The number of fused-ring (bicyclic) bond motifs is 1. The van der Waals surface area contributed by atoms with E-state index in [0.29, 0.717) is 6.54 Å².